The highest BCUT2D eigenvalue weighted by Crippen LogP contribution is 2.26. The van der Waals surface area contributed by atoms with Crippen LogP contribution in [0.5, 0.6) is 0 Å². The molecule has 2 rings (SSSR count). The first-order valence-corrected chi connectivity index (χ1v) is 10.6. The number of hydrogen-bond donors (Lipinski definition) is 2. The van der Waals surface area contributed by atoms with Crippen LogP contribution in [0.4, 0.5) is 0 Å². The van der Waals surface area contributed by atoms with E-state index in [1.165, 1.54) is 19.3 Å². The number of rotatable bonds is 9. The van der Waals surface area contributed by atoms with Crippen molar-refractivity contribution in [2.45, 2.75) is 64.8 Å². The molecule has 0 spiro atoms. The quantitative estimate of drug-likeness (QED) is 0.609. The van der Waals surface area contributed by atoms with E-state index in [9.17, 15) is 9.59 Å². The summed E-state index contributed by atoms with van der Waals surface area (Å²) < 4.78 is 0. The third-order valence-corrected chi connectivity index (χ3v) is 5.83. The number of likely N-dealkylation sites (N-methyl/N-ethyl adjacent to an activating group) is 1. The Balaban J connectivity index is 1.53. The van der Waals surface area contributed by atoms with Gasteiger partial charge >= 0.3 is 0 Å². The van der Waals surface area contributed by atoms with Crippen LogP contribution in [0.1, 0.15) is 58.8 Å². The van der Waals surface area contributed by atoms with Crippen LogP contribution in [0.15, 0.2) is 0 Å². The SMILES string of the molecule is CCN1CCN(CCCNC(=O)C(C)NC(=O)CC2CCCCC2)CC1. The van der Waals surface area contributed by atoms with Gasteiger partial charge in [-0.3, -0.25) is 9.59 Å². The van der Waals surface area contributed by atoms with Crippen LogP contribution in [0, 0.1) is 5.92 Å². The van der Waals surface area contributed by atoms with Crippen LogP contribution in [-0.2, 0) is 9.59 Å². The molecule has 1 heterocycles. The molecule has 6 nitrogen and oxygen atoms in total. The Labute approximate surface area is 159 Å². The van der Waals surface area contributed by atoms with Crippen molar-refractivity contribution in [2.24, 2.45) is 5.92 Å². The van der Waals surface area contributed by atoms with E-state index >= 15 is 0 Å². The second kappa shape index (κ2) is 11.5. The van der Waals surface area contributed by atoms with Crippen molar-refractivity contribution in [3.05, 3.63) is 0 Å². The summed E-state index contributed by atoms with van der Waals surface area (Å²) in [5.41, 5.74) is 0. The molecule has 0 aromatic carbocycles. The fourth-order valence-electron chi connectivity index (χ4n) is 4.02. The highest BCUT2D eigenvalue weighted by Gasteiger charge is 2.20. The molecule has 0 radical (unpaired) electrons. The second-order valence-corrected chi connectivity index (χ2v) is 7.92. The van der Waals surface area contributed by atoms with Crippen molar-refractivity contribution in [2.75, 3.05) is 45.8 Å². The monoisotopic (exact) mass is 366 g/mol. The number of amides is 2. The molecule has 1 saturated heterocycles. The Morgan fingerprint density at radius 3 is 2.35 bits per heavy atom. The van der Waals surface area contributed by atoms with E-state index in [1.54, 1.807) is 6.92 Å². The van der Waals surface area contributed by atoms with Crippen LogP contribution in [-0.4, -0.2) is 73.5 Å². The summed E-state index contributed by atoms with van der Waals surface area (Å²) in [7, 11) is 0. The zero-order valence-electron chi connectivity index (χ0n) is 16.8. The topological polar surface area (TPSA) is 64.7 Å². The number of piperazine rings is 1. The van der Waals surface area contributed by atoms with E-state index in [2.05, 4.69) is 27.4 Å². The number of carbonyl (C=O) groups is 2. The van der Waals surface area contributed by atoms with Crippen LogP contribution in [0.3, 0.4) is 0 Å². The molecule has 2 fully saturated rings. The van der Waals surface area contributed by atoms with E-state index in [0.717, 1.165) is 58.5 Å². The number of nitrogens with zero attached hydrogens (tertiary/aromatic N) is 2. The van der Waals surface area contributed by atoms with Gasteiger partial charge in [-0.15, -0.1) is 0 Å². The lowest BCUT2D eigenvalue weighted by molar-refractivity contribution is -0.129. The lowest BCUT2D eigenvalue weighted by Gasteiger charge is -2.34. The molecule has 2 amide bonds. The van der Waals surface area contributed by atoms with Gasteiger partial charge in [0.1, 0.15) is 6.04 Å². The maximum atomic E-state index is 12.2. The lowest BCUT2D eigenvalue weighted by atomic mass is 9.87. The van der Waals surface area contributed by atoms with Crippen LogP contribution >= 0.6 is 0 Å². The minimum absolute atomic E-state index is 0.0216. The van der Waals surface area contributed by atoms with Crippen molar-refractivity contribution < 1.29 is 9.59 Å². The molecule has 1 unspecified atom stereocenters. The second-order valence-electron chi connectivity index (χ2n) is 7.92. The minimum atomic E-state index is -0.445. The summed E-state index contributed by atoms with van der Waals surface area (Å²) in [6.45, 7) is 11.4. The smallest absolute Gasteiger partial charge is 0.242 e. The van der Waals surface area contributed by atoms with E-state index in [1.807, 2.05) is 0 Å². The van der Waals surface area contributed by atoms with Gasteiger partial charge in [-0.25, -0.2) is 0 Å². The molecule has 1 aliphatic heterocycles. The minimum Gasteiger partial charge on any atom is -0.354 e. The largest absolute Gasteiger partial charge is 0.354 e. The fourth-order valence-corrected chi connectivity index (χ4v) is 4.02. The third-order valence-electron chi connectivity index (χ3n) is 5.83. The molecule has 150 valence electrons. The van der Waals surface area contributed by atoms with Crippen molar-refractivity contribution in [3.8, 4) is 0 Å². The van der Waals surface area contributed by atoms with Crippen molar-refractivity contribution >= 4 is 11.8 Å². The van der Waals surface area contributed by atoms with Gasteiger partial charge in [-0.2, -0.15) is 0 Å². The van der Waals surface area contributed by atoms with Gasteiger partial charge in [0.25, 0.3) is 0 Å². The normalized spacial score (nSPS) is 21.3. The molecule has 6 heteroatoms. The Bertz CT molecular complexity index is 430. The molecule has 0 aromatic rings. The van der Waals surface area contributed by atoms with Crippen LogP contribution in [0.2, 0.25) is 0 Å². The number of hydrogen-bond acceptors (Lipinski definition) is 4. The van der Waals surface area contributed by atoms with E-state index in [0.29, 0.717) is 18.9 Å². The summed E-state index contributed by atoms with van der Waals surface area (Å²) in [6.07, 6.45) is 7.61. The van der Waals surface area contributed by atoms with Crippen molar-refractivity contribution in [1.82, 2.24) is 20.4 Å². The third kappa shape index (κ3) is 7.62. The molecule has 0 bridgehead atoms. The molecule has 1 saturated carbocycles. The molecule has 26 heavy (non-hydrogen) atoms. The highest BCUT2D eigenvalue weighted by molar-refractivity contribution is 5.87. The average Bonchev–Trinajstić information content (AvgIpc) is 2.66. The highest BCUT2D eigenvalue weighted by atomic mass is 16.2. The number of carbonyl (C=O) groups excluding carboxylic acids is 2. The Morgan fingerprint density at radius 1 is 1.04 bits per heavy atom. The van der Waals surface area contributed by atoms with Crippen LogP contribution in [0.25, 0.3) is 0 Å². The maximum Gasteiger partial charge on any atom is 0.242 e. The summed E-state index contributed by atoms with van der Waals surface area (Å²) in [5.74, 6) is 0.457. The molecular weight excluding hydrogens is 328 g/mol. The van der Waals surface area contributed by atoms with Gasteiger partial charge in [0.15, 0.2) is 0 Å². The van der Waals surface area contributed by atoms with Gasteiger partial charge in [0.05, 0.1) is 0 Å². The van der Waals surface area contributed by atoms with Gasteiger partial charge < -0.3 is 20.4 Å². The Hall–Kier alpha value is -1.14. The Kier molecular flexibility index (Phi) is 9.40. The predicted molar refractivity (Wildman–Crippen MR) is 105 cm³/mol. The van der Waals surface area contributed by atoms with Gasteiger partial charge in [0, 0.05) is 39.1 Å². The van der Waals surface area contributed by atoms with E-state index < -0.39 is 6.04 Å². The van der Waals surface area contributed by atoms with Gasteiger partial charge in [-0.1, -0.05) is 26.2 Å². The zero-order chi connectivity index (χ0) is 18.8. The summed E-state index contributed by atoms with van der Waals surface area (Å²) in [6, 6.07) is -0.445. The molecule has 1 aliphatic carbocycles. The first kappa shape index (κ1) is 21.2. The first-order valence-electron chi connectivity index (χ1n) is 10.6. The van der Waals surface area contributed by atoms with Gasteiger partial charge in [-0.05, 0) is 45.2 Å². The number of nitrogens with one attached hydrogen (secondary N) is 2. The maximum absolute atomic E-state index is 12.2. The predicted octanol–water partition coefficient (Wildman–Crippen LogP) is 1.61. The Morgan fingerprint density at radius 2 is 1.69 bits per heavy atom. The molecule has 0 aromatic heterocycles. The molecule has 2 N–H and O–H groups in total. The molecular formula is C20H38N4O2. The van der Waals surface area contributed by atoms with Gasteiger partial charge in [0.2, 0.25) is 11.8 Å². The van der Waals surface area contributed by atoms with Crippen molar-refractivity contribution in [1.29, 1.82) is 0 Å². The van der Waals surface area contributed by atoms with E-state index in [-0.39, 0.29) is 11.8 Å². The van der Waals surface area contributed by atoms with Crippen LogP contribution < -0.4 is 10.6 Å². The van der Waals surface area contributed by atoms with Crippen molar-refractivity contribution in [3.63, 3.8) is 0 Å². The first-order chi connectivity index (χ1) is 12.6. The van der Waals surface area contributed by atoms with E-state index in [4.69, 9.17) is 0 Å². The lowest BCUT2D eigenvalue weighted by Crippen LogP contribution is -2.47. The average molecular weight is 367 g/mol. The summed E-state index contributed by atoms with van der Waals surface area (Å²) in [4.78, 5) is 29.2. The zero-order valence-corrected chi connectivity index (χ0v) is 16.8. The summed E-state index contributed by atoms with van der Waals surface area (Å²) in [5, 5.41) is 5.82. The fraction of sp³-hybridized carbons (Fsp3) is 0.900. The standard InChI is InChI=1S/C20H38N4O2/c1-3-23-12-14-24(15-13-23)11-7-10-21-20(26)17(2)22-19(25)16-18-8-5-4-6-9-18/h17-18H,3-16H2,1-2H3,(H,21,26)(H,22,25). The molecule has 2 aliphatic rings. The summed E-state index contributed by atoms with van der Waals surface area (Å²) >= 11 is 0. The molecule has 1 atom stereocenters.